The summed E-state index contributed by atoms with van der Waals surface area (Å²) in [7, 11) is 0. The van der Waals surface area contributed by atoms with Gasteiger partial charge in [-0.05, 0) is 6.42 Å². The Morgan fingerprint density at radius 1 is 1.38 bits per heavy atom. The van der Waals surface area contributed by atoms with Crippen LogP contribution in [0.1, 0.15) is 26.0 Å². The average Bonchev–Trinajstić information content (AvgIpc) is 3.11. The van der Waals surface area contributed by atoms with Gasteiger partial charge in [0.25, 0.3) is 5.91 Å². The molecule has 0 spiro atoms. The van der Waals surface area contributed by atoms with Crippen molar-refractivity contribution >= 4 is 22.9 Å². The van der Waals surface area contributed by atoms with Crippen molar-refractivity contribution in [2.24, 2.45) is 0 Å². The van der Waals surface area contributed by atoms with E-state index in [1.807, 2.05) is 6.92 Å². The smallest absolute Gasteiger partial charge is 0.252 e. The Morgan fingerprint density at radius 3 is 2.92 bits per heavy atom. The number of nitrogen functional groups attached to an aromatic ring is 1. The molecule has 1 aliphatic heterocycles. The van der Waals surface area contributed by atoms with Gasteiger partial charge in [0.2, 0.25) is 0 Å². The van der Waals surface area contributed by atoms with Crippen molar-refractivity contribution in [2.75, 3.05) is 12.3 Å². The third-order valence-corrected chi connectivity index (χ3v) is 3.99. The van der Waals surface area contributed by atoms with Crippen LogP contribution in [0.2, 0.25) is 0 Å². The molecule has 1 amide bonds. The van der Waals surface area contributed by atoms with Crippen LogP contribution < -0.4 is 11.1 Å². The highest BCUT2D eigenvalue weighted by atomic mass is 16.6. The Bertz CT molecular complexity index is 735. The maximum Gasteiger partial charge on any atom is 0.252 e. The molecule has 0 radical (unpaired) electrons. The molecule has 1 aliphatic rings. The van der Waals surface area contributed by atoms with Crippen LogP contribution in [0.3, 0.4) is 0 Å². The molecule has 1 saturated heterocycles. The molecule has 0 bridgehead atoms. The Hall–Kier alpha value is -2.30. The molecular weight excluding hydrogens is 316 g/mol. The maximum absolute atomic E-state index is 12.1. The van der Waals surface area contributed by atoms with E-state index in [0.29, 0.717) is 17.7 Å². The van der Waals surface area contributed by atoms with Gasteiger partial charge in [0.05, 0.1) is 6.33 Å². The van der Waals surface area contributed by atoms with Gasteiger partial charge in [0.1, 0.15) is 24.1 Å². The number of aromatic nitrogens is 4. The molecule has 0 saturated carbocycles. The van der Waals surface area contributed by atoms with Crippen LogP contribution in [0.15, 0.2) is 12.7 Å². The molecule has 5 N–H and O–H groups in total. The summed E-state index contributed by atoms with van der Waals surface area (Å²) in [5.41, 5.74) is 6.44. The molecular formula is C14H20N6O4. The van der Waals surface area contributed by atoms with Crippen LogP contribution in [0.25, 0.3) is 11.2 Å². The number of hydrogen-bond acceptors (Lipinski definition) is 8. The van der Waals surface area contributed by atoms with Crippen molar-refractivity contribution in [1.29, 1.82) is 0 Å². The quantitative estimate of drug-likeness (QED) is 0.505. The number of carbonyl (C=O) groups is 1. The monoisotopic (exact) mass is 336 g/mol. The minimum absolute atomic E-state index is 0.195. The lowest BCUT2D eigenvalue weighted by Crippen LogP contribution is -2.43. The van der Waals surface area contributed by atoms with Crippen molar-refractivity contribution in [3.8, 4) is 0 Å². The second-order valence-corrected chi connectivity index (χ2v) is 5.66. The molecule has 0 aliphatic carbocycles. The minimum atomic E-state index is -1.35. The van der Waals surface area contributed by atoms with Gasteiger partial charge >= 0.3 is 0 Å². The molecule has 130 valence electrons. The van der Waals surface area contributed by atoms with E-state index in [2.05, 4.69) is 20.3 Å². The zero-order valence-corrected chi connectivity index (χ0v) is 13.2. The van der Waals surface area contributed by atoms with Crippen molar-refractivity contribution in [3.05, 3.63) is 12.7 Å². The number of nitrogens with one attached hydrogen (secondary N) is 1. The Labute approximate surface area is 137 Å². The second kappa shape index (κ2) is 6.67. The van der Waals surface area contributed by atoms with Crippen LogP contribution in [0, 0.1) is 0 Å². The second-order valence-electron chi connectivity index (χ2n) is 5.66. The molecule has 10 heteroatoms. The molecule has 2 aromatic rings. The third-order valence-electron chi connectivity index (χ3n) is 3.99. The predicted molar refractivity (Wildman–Crippen MR) is 83.6 cm³/mol. The highest BCUT2D eigenvalue weighted by Crippen LogP contribution is 2.32. The van der Waals surface area contributed by atoms with Gasteiger partial charge in [-0.2, -0.15) is 0 Å². The Morgan fingerprint density at radius 2 is 2.17 bits per heavy atom. The van der Waals surface area contributed by atoms with Crippen molar-refractivity contribution < 1.29 is 19.7 Å². The Kier molecular flexibility index (Phi) is 4.60. The molecule has 24 heavy (non-hydrogen) atoms. The minimum Gasteiger partial charge on any atom is -0.387 e. The van der Waals surface area contributed by atoms with Crippen molar-refractivity contribution in [2.45, 2.75) is 44.3 Å². The molecule has 4 unspecified atom stereocenters. The zero-order chi connectivity index (χ0) is 17.3. The predicted octanol–water partition coefficient (Wildman–Crippen LogP) is -1.06. The molecule has 4 atom stereocenters. The van der Waals surface area contributed by atoms with E-state index >= 15 is 0 Å². The number of hydrogen-bond donors (Lipinski definition) is 4. The van der Waals surface area contributed by atoms with Crippen LogP contribution in [0.5, 0.6) is 0 Å². The van der Waals surface area contributed by atoms with Gasteiger partial charge < -0.3 is 26.0 Å². The van der Waals surface area contributed by atoms with E-state index in [1.54, 1.807) is 0 Å². The van der Waals surface area contributed by atoms with Crippen LogP contribution in [-0.4, -0.2) is 60.5 Å². The highest BCUT2D eigenvalue weighted by molar-refractivity contribution is 5.82. The lowest BCUT2D eigenvalue weighted by Gasteiger charge is -2.16. The topological polar surface area (TPSA) is 148 Å². The number of rotatable bonds is 5. The number of carbonyl (C=O) groups excluding carboxylic acids is 1. The van der Waals surface area contributed by atoms with Crippen LogP contribution in [-0.2, 0) is 9.53 Å². The lowest BCUT2D eigenvalue weighted by molar-refractivity contribution is -0.137. The fourth-order valence-electron chi connectivity index (χ4n) is 2.65. The van der Waals surface area contributed by atoms with Gasteiger partial charge in [0.15, 0.2) is 23.8 Å². The summed E-state index contributed by atoms with van der Waals surface area (Å²) < 4.78 is 7.01. The molecule has 3 rings (SSSR count). The summed E-state index contributed by atoms with van der Waals surface area (Å²) in [4.78, 5) is 24.1. The lowest BCUT2D eigenvalue weighted by atomic mass is 10.1. The number of ether oxygens (including phenoxy) is 1. The summed E-state index contributed by atoms with van der Waals surface area (Å²) in [5.74, 6) is -0.267. The summed E-state index contributed by atoms with van der Waals surface area (Å²) >= 11 is 0. The summed E-state index contributed by atoms with van der Waals surface area (Å²) in [6.07, 6.45) is -0.422. The van der Waals surface area contributed by atoms with Gasteiger partial charge in [0, 0.05) is 6.54 Å². The number of imidazole rings is 1. The number of aliphatic hydroxyl groups is 2. The number of aliphatic hydroxyl groups excluding tert-OH is 2. The van der Waals surface area contributed by atoms with Gasteiger partial charge in [-0.3, -0.25) is 9.36 Å². The van der Waals surface area contributed by atoms with E-state index in [-0.39, 0.29) is 5.82 Å². The molecule has 1 fully saturated rings. The third kappa shape index (κ3) is 2.79. The Balaban J connectivity index is 1.81. The van der Waals surface area contributed by atoms with Gasteiger partial charge in [-0.1, -0.05) is 13.3 Å². The van der Waals surface area contributed by atoms with E-state index in [9.17, 15) is 15.0 Å². The van der Waals surface area contributed by atoms with E-state index in [1.165, 1.54) is 17.2 Å². The molecule has 10 nitrogen and oxygen atoms in total. The number of fused-ring (bicyclic) bond motifs is 1. The normalized spacial score (nSPS) is 26.8. The van der Waals surface area contributed by atoms with Gasteiger partial charge in [-0.15, -0.1) is 0 Å². The fourth-order valence-corrected chi connectivity index (χ4v) is 2.65. The largest absolute Gasteiger partial charge is 0.387 e. The van der Waals surface area contributed by atoms with Crippen molar-refractivity contribution in [1.82, 2.24) is 24.8 Å². The van der Waals surface area contributed by atoms with Crippen molar-refractivity contribution in [3.63, 3.8) is 0 Å². The first-order chi connectivity index (χ1) is 11.5. The van der Waals surface area contributed by atoms with E-state index < -0.39 is 30.4 Å². The highest BCUT2D eigenvalue weighted by Gasteiger charge is 2.47. The first-order valence-electron chi connectivity index (χ1n) is 7.77. The number of nitrogens with zero attached hydrogens (tertiary/aromatic N) is 4. The van der Waals surface area contributed by atoms with E-state index in [4.69, 9.17) is 10.5 Å². The number of nitrogens with two attached hydrogens (primary N) is 1. The van der Waals surface area contributed by atoms with E-state index in [0.717, 1.165) is 12.8 Å². The molecule has 2 aromatic heterocycles. The maximum atomic E-state index is 12.1. The average molecular weight is 336 g/mol. The van der Waals surface area contributed by atoms with Gasteiger partial charge in [-0.25, -0.2) is 15.0 Å². The molecule has 3 heterocycles. The van der Waals surface area contributed by atoms with Crippen LogP contribution >= 0.6 is 0 Å². The number of amides is 1. The summed E-state index contributed by atoms with van der Waals surface area (Å²) in [5, 5.41) is 23.1. The molecule has 0 aromatic carbocycles. The fraction of sp³-hybridized carbons (Fsp3) is 0.571. The summed E-state index contributed by atoms with van der Waals surface area (Å²) in [6, 6.07) is 0. The number of unbranched alkanes of at least 4 members (excludes halogenated alkanes) is 1. The van der Waals surface area contributed by atoms with Crippen LogP contribution in [0.4, 0.5) is 5.82 Å². The summed E-state index contributed by atoms with van der Waals surface area (Å²) in [6.45, 7) is 2.49. The first kappa shape index (κ1) is 16.6. The zero-order valence-electron chi connectivity index (χ0n) is 13.2. The number of anilines is 1. The SMILES string of the molecule is CCCCNC(=O)C1OC(n2cnc3c(N)ncnc32)C(O)C1O. The first-order valence-corrected chi connectivity index (χ1v) is 7.77. The standard InChI is InChI=1S/C14H20N6O4/c1-2-3-4-16-13(23)10-8(21)9(22)14(24-10)20-6-19-7-11(15)17-5-18-12(7)20/h5-6,8-10,14,21-22H,2-4H2,1H3,(H,16,23)(H2,15,17,18).